The van der Waals surface area contributed by atoms with Crippen LogP contribution >= 0.6 is 0 Å². The molecule has 0 saturated carbocycles. The zero-order valence-electron chi connectivity index (χ0n) is 26.3. The summed E-state index contributed by atoms with van der Waals surface area (Å²) >= 11 is 0. The van der Waals surface area contributed by atoms with Crippen LogP contribution in [0.25, 0.3) is 78.0 Å². The van der Waals surface area contributed by atoms with Gasteiger partial charge in [-0.25, -0.2) is 15.0 Å². The van der Waals surface area contributed by atoms with Crippen molar-refractivity contribution in [3.05, 3.63) is 163 Å². The van der Waals surface area contributed by atoms with Crippen molar-refractivity contribution in [3.63, 3.8) is 0 Å². The summed E-state index contributed by atoms with van der Waals surface area (Å²) in [7, 11) is 0. The van der Waals surface area contributed by atoms with E-state index in [1.54, 1.807) is 0 Å². The van der Waals surface area contributed by atoms with Gasteiger partial charge in [-0.1, -0.05) is 166 Å². The van der Waals surface area contributed by atoms with Crippen LogP contribution in [0.1, 0.15) is 25.0 Å². The van der Waals surface area contributed by atoms with Crippen LogP contribution in [-0.4, -0.2) is 15.0 Å². The summed E-state index contributed by atoms with van der Waals surface area (Å²) in [6.45, 7) is 4.65. The molecule has 0 saturated heterocycles. The van der Waals surface area contributed by atoms with Gasteiger partial charge >= 0.3 is 0 Å². The van der Waals surface area contributed by atoms with E-state index >= 15 is 0 Å². The lowest BCUT2D eigenvalue weighted by atomic mass is 9.82. The van der Waals surface area contributed by atoms with Gasteiger partial charge in [0.05, 0.1) is 0 Å². The molecule has 9 rings (SSSR count). The Labute approximate surface area is 274 Å². The standard InChI is InChI=1S/C44H31N3/c1-44(2)38-22-8-7-18-37(38)40-34(19-11-23-39(40)44)30-24-26-31(27-25-30)41-45-42(35-20-9-14-28-12-3-5-16-32(28)35)47-43(46-41)36-21-10-15-29-13-4-6-17-33(29)36/h3-27H,1-2H3. The Morgan fingerprint density at radius 2 is 0.809 bits per heavy atom. The Kier molecular flexibility index (Phi) is 6.16. The zero-order valence-corrected chi connectivity index (χ0v) is 26.3. The Morgan fingerprint density at radius 3 is 1.47 bits per heavy atom. The van der Waals surface area contributed by atoms with E-state index in [1.165, 1.54) is 33.4 Å². The SMILES string of the molecule is CC1(C)c2ccccc2-c2c(-c3ccc(-c4nc(-c5cccc6ccccc56)nc(-c5cccc6ccccc56)n4)cc3)cccc21. The van der Waals surface area contributed by atoms with Crippen LogP contribution < -0.4 is 0 Å². The van der Waals surface area contributed by atoms with Gasteiger partial charge < -0.3 is 0 Å². The third kappa shape index (κ3) is 4.39. The molecule has 3 nitrogen and oxygen atoms in total. The van der Waals surface area contributed by atoms with Crippen LogP contribution in [0.15, 0.2) is 152 Å². The van der Waals surface area contributed by atoms with Crippen molar-refractivity contribution in [2.24, 2.45) is 0 Å². The zero-order chi connectivity index (χ0) is 31.5. The second-order valence-electron chi connectivity index (χ2n) is 12.8. The molecule has 0 unspecified atom stereocenters. The Morgan fingerprint density at radius 1 is 0.362 bits per heavy atom. The average molecular weight is 602 g/mol. The number of benzene rings is 7. The highest BCUT2D eigenvalue weighted by molar-refractivity contribution is 5.98. The lowest BCUT2D eigenvalue weighted by Crippen LogP contribution is -2.14. The molecule has 0 aliphatic heterocycles. The number of hydrogen-bond donors (Lipinski definition) is 0. The van der Waals surface area contributed by atoms with Gasteiger partial charge in [0.25, 0.3) is 0 Å². The third-order valence-corrected chi connectivity index (χ3v) is 9.76. The molecule has 1 heterocycles. The average Bonchev–Trinajstić information content (AvgIpc) is 3.37. The minimum Gasteiger partial charge on any atom is -0.208 e. The van der Waals surface area contributed by atoms with E-state index in [2.05, 4.69) is 166 Å². The van der Waals surface area contributed by atoms with Crippen LogP contribution in [0.2, 0.25) is 0 Å². The van der Waals surface area contributed by atoms with Gasteiger partial charge in [0.2, 0.25) is 0 Å². The fourth-order valence-corrected chi connectivity index (χ4v) is 7.38. The van der Waals surface area contributed by atoms with Crippen molar-refractivity contribution < 1.29 is 0 Å². The van der Waals surface area contributed by atoms with Gasteiger partial charge in [0, 0.05) is 22.1 Å². The Bertz CT molecular complexity index is 2380. The molecule has 0 radical (unpaired) electrons. The quantitative estimate of drug-likeness (QED) is 0.201. The maximum Gasteiger partial charge on any atom is 0.164 e. The molecule has 1 aromatic heterocycles. The van der Waals surface area contributed by atoms with Crippen LogP contribution in [0, 0.1) is 0 Å². The molecule has 47 heavy (non-hydrogen) atoms. The van der Waals surface area contributed by atoms with Gasteiger partial charge in [0.15, 0.2) is 17.5 Å². The van der Waals surface area contributed by atoms with Crippen LogP contribution in [-0.2, 0) is 5.41 Å². The molecule has 3 heteroatoms. The lowest BCUT2D eigenvalue weighted by molar-refractivity contribution is 0.660. The first-order chi connectivity index (χ1) is 23.1. The van der Waals surface area contributed by atoms with Gasteiger partial charge in [-0.15, -0.1) is 0 Å². The maximum atomic E-state index is 5.12. The molecule has 222 valence electrons. The van der Waals surface area contributed by atoms with Crippen molar-refractivity contribution in [2.75, 3.05) is 0 Å². The molecular formula is C44H31N3. The Hall–Kier alpha value is -5.93. The predicted molar refractivity (Wildman–Crippen MR) is 194 cm³/mol. The van der Waals surface area contributed by atoms with Crippen molar-refractivity contribution >= 4 is 21.5 Å². The Balaban J connectivity index is 1.21. The van der Waals surface area contributed by atoms with Crippen LogP contribution in [0.4, 0.5) is 0 Å². The van der Waals surface area contributed by atoms with Crippen molar-refractivity contribution in [3.8, 4) is 56.4 Å². The first-order valence-electron chi connectivity index (χ1n) is 16.1. The monoisotopic (exact) mass is 601 g/mol. The lowest BCUT2D eigenvalue weighted by Gasteiger charge is -2.21. The van der Waals surface area contributed by atoms with Crippen LogP contribution in [0.5, 0.6) is 0 Å². The number of hydrogen-bond acceptors (Lipinski definition) is 3. The minimum atomic E-state index is -0.0389. The summed E-state index contributed by atoms with van der Waals surface area (Å²) in [5.74, 6) is 1.99. The van der Waals surface area contributed by atoms with E-state index in [4.69, 9.17) is 15.0 Å². The van der Waals surface area contributed by atoms with Gasteiger partial charge in [-0.2, -0.15) is 0 Å². The van der Waals surface area contributed by atoms with Gasteiger partial charge in [-0.05, 0) is 54.9 Å². The van der Waals surface area contributed by atoms with Crippen molar-refractivity contribution in [2.45, 2.75) is 19.3 Å². The molecule has 8 aromatic rings. The number of rotatable bonds is 4. The smallest absolute Gasteiger partial charge is 0.164 e. The van der Waals surface area contributed by atoms with Gasteiger partial charge in [-0.3, -0.25) is 0 Å². The summed E-state index contributed by atoms with van der Waals surface area (Å²) in [5.41, 5.74) is 10.7. The first-order valence-corrected chi connectivity index (χ1v) is 16.1. The van der Waals surface area contributed by atoms with E-state index < -0.39 is 0 Å². The molecule has 1 aliphatic carbocycles. The van der Waals surface area contributed by atoms with E-state index in [1.807, 2.05) is 0 Å². The highest BCUT2D eigenvalue weighted by Gasteiger charge is 2.36. The summed E-state index contributed by atoms with van der Waals surface area (Å²) < 4.78 is 0. The largest absolute Gasteiger partial charge is 0.208 e. The first kappa shape index (κ1) is 27.4. The van der Waals surface area contributed by atoms with Crippen molar-refractivity contribution in [1.29, 1.82) is 0 Å². The molecule has 0 amide bonds. The second-order valence-corrected chi connectivity index (χ2v) is 12.8. The molecule has 0 bridgehead atoms. The van der Waals surface area contributed by atoms with E-state index in [9.17, 15) is 0 Å². The van der Waals surface area contributed by atoms with E-state index in [-0.39, 0.29) is 5.41 Å². The molecular weight excluding hydrogens is 571 g/mol. The summed E-state index contributed by atoms with van der Waals surface area (Å²) in [4.78, 5) is 15.3. The summed E-state index contributed by atoms with van der Waals surface area (Å²) in [6, 6.07) is 53.7. The maximum absolute atomic E-state index is 5.12. The predicted octanol–water partition coefficient (Wildman–Crippen LogP) is 11.2. The number of fused-ring (bicyclic) bond motifs is 5. The third-order valence-electron chi connectivity index (χ3n) is 9.76. The van der Waals surface area contributed by atoms with Crippen molar-refractivity contribution in [1.82, 2.24) is 15.0 Å². The van der Waals surface area contributed by atoms with Gasteiger partial charge in [0.1, 0.15) is 0 Å². The fraction of sp³-hybridized carbons (Fsp3) is 0.0682. The number of nitrogens with zero attached hydrogens (tertiary/aromatic N) is 3. The summed E-state index contributed by atoms with van der Waals surface area (Å²) in [5, 5.41) is 4.55. The van der Waals surface area contributed by atoms with E-state index in [0.29, 0.717) is 17.5 Å². The van der Waals surface area contributed by atoms with Crippen LogP contribution in [0.3, 0.4) is 0 Å². The molecule has 0 N–H and O–H groups in total. The minimum absolute atomic E-state index is 0.0389. The molecule has 7 aromatic carbocycles. The highest BCUT2D eigenvalue weighted by Crippen LogP contribution is 2.52. The number of aromatic nitrogens is 3. The second kappa shape index (κ2) is 10.6. The topological polar surface area (TPSA) is 38.7 Å². The molecule has 0 spiro atoms. The fourth-order valence-electron chi connectivity index (χ4n) is 7.38. The highest BCUT2D eigenvalue weighted by atomic mass is 15.0. The normalized spacial score (nSPS) is 13.1. The van der Waals surface area contributed by atoms with E-state index in [0.717, 1.165) is 38.2 Å². The molecule has 0 atom stereocenters. The molecule has 1 aliphatic rings. The summed E-state index contributed by atoms with van der Waals surface area (Å²) in [6.07, 6.45) is 0. The molecule has 0 fully saturated rings.